The third-order valence-corrected chi connectivity index (χ3v) is 3.20. The number of nitrogens with zero attached hydrogens (tertiary/aromatic N) is 1. The molecule has 21 heavy (non-hydrogen) atoms. The van der Waals surface area contributed by atoms with Crippen molar-refractivity contribution < 1.29 is 9.53 Å². The molecule has 0 aliphatic carbocycles. The van der Waals surface area contributed by atoms with Crippen LogP contribution in [0.2, 0.25) is 0 Å². The molecule has 5 heteroatoms. The molecule has 2 aromatic rings. The summed E-state index contributed by atoms with van der Waals surface area (Å²) in [4.78, 5) is 11.6. The van der Waals surface area contributed by atoms with Crippen LogP contribution >= 0.6 is 15.9 Å². The molecule has 0 radical (unpaired) electrons. The molecular weight excluding hydrogens is 332 g/mol. The number of halogens is 1. The maximum Gasteiger partial charge on any atom is 0.277 e. The van der Waals surface area contributed by atoms with Crippen molar-refractivity contribution in [1.82, 2.24) is 5.43 Å². The minimum atomic E-state index is -0.275. The van der Waals surface area contributed by atoms with Gasteiger partial charge in [0.2, 0.25) is 0 Å². The predicted molar refractivity (Wildman–Crippen MR) is 88.6 cm³/mol. The number of amides is 1. The molecule has 0 saturated heterocycles. The molecule has 0 unspecified atom stereocenters. The summed E-state index contributed by atoms with van der Waals surface area (Å²) in [5.74, 6) is 0.682. The lowest BCUT2D eigenvalue weighted by Crippen LogP contribution is -2.24. The molecule has 4 nitrogen and oxygen atoms in total. The van der Waals surface area contributed by atoms with E-state index >= 15 is 0 Å². The molecule has 2 aromatic carbocycles. The molecule has 0 fully saturated rings. The van der Waals surface area contributed by atoms with Gasteiger partial charge in [0.05, 0.1) is 0 Å². The highest BCUT2D eigenvalue weighted by molar-refractivity contribution is 9.10. The standard InChI is InChI=1S/C16H17BrN2O2/c1-11(2)9-18-19-16(20)10-21-15-6-4-12-7-14(17)5-3-13(12)8-15/h3-9,11H,10H2,1-2H3,(H,19,20)/b18-9+. The van der Waals surface area contributed by atoms with Crippen LogP contribution in [-0.4, -0.2) is 18.7 Å². The number of fused-ring (bicyclic) bond motifs is 1. The fraction of sp³-hybridized carbons (Fsp3) is 0.250. The second-order valence-corrected chi connectivity index (χ2v) is 5.91. The van der Waals surface area contributed by atoms with E-state index in [1.54, 1.807) is 6.21 Å². The lowest BCUT2D eigenvalue weighted by molar-refractivity contribution is -0.123. The Labute approximate surface area is 132 Å². The Morgan fingerprint density at radius 3 is 2.76 bits per heavy atom. The van der Waals surface area contributed by atoms with Crippen LogP contribution in [0.1, 0.15) is 13.8 Å². The second-order valence-electron chi connectivity index (χ2n) is 5.00. The first kappa shape index (κ1) is 15.5. The summed E-state index contributed by atoms with van der Waals surface area (Å²) in [6.07, 6.45) is 1.67. The molecule has 2 rings (SSSR count). The van der Waals surface area contributed by atoms with E-state index in [2.05, 4.69) is 26.5 Å². The zero-order valence-corrected chi connectivity index (χ0v) is 13.6. The Morgan fingerprint density at radius 1 is 1.29 bits per heavy atom. The topological polar surface area (TPSA) is 50.7 Å². The highest BCUT2D eigenvalue weighted by Gasteiger charge is 2.03. The molecule has 0 spiro atoms. The van der Waals surface area contributed by atoms with Gasteiger partial charge >= 0.3 is 0 Å². The van der Waals surface area contributed by atoms with Crippen molar-refractivity contribution >= 4 is 38.8 Å². The molecule has 0 aliphatic rings. The van der Waals surface area contributed by atoms with E-state index in [0.717, 1.165) is 15.2 Å². The average molecular weight is 349 g/mol. The maximum atomic E-state index is 11.6. The van der Waals surface area contributed by atoms with E-state index in [0.29, 0.717) is 11.7 Å². The zero-order chi connectivity index (χ0) is 15.2. The van der Waals surface area contributed by atoms with E-state index in [-0.39, 0.29) is 12.5 Å². The number of nitrogens with one attached hydrogen (secondary N) is 1. The van der Waals surface area contributed by atoms with Gasteiger partial charge in [0, 0.05) is 10.7 Å². The van der Waals surface area contributed by atoms with Gasteiger partial charge in [-0.1, -0.05) is 41.9 Å². The Balaban J connectivity index is 1.94. The third-order valence-electron chi connectivity index (χ3n) is 2.71. The van der Waals surface area contributed by atoms with E-state index in [1.807, 2.05) is 50.2 Å². The fourth-order valence-electron chi connectivity index (χ4n) is 1.72. The molecular formula is C16H17BrN2O2. The molecule has 0 aliphatic heterocycles. The number of benzene rings is 2. The van der Waals surface area contributed by atoms with Gasteiger partial charge in [0.1, 0.15) is 5.75 Å². The highest BCUT2D eigenvalue weighted by Crippen LogP contribution is 2.24. The number of ether oxygens (including phenoxy) is 1. The molecule has 0 atom stereocenters. The molecule has 110 valence electrons. The molecule has 0 saturated carbocycles. The van der Waals surface area contributed by atoms with E-state index < -0.39 is 0 Å². The first-order valence-electron chi connectivity index (χ1n) is 6.69. The quantitative estimate of drug-likeness (QED) is 0.660. The number of hydrazone groups is 1. The first-order valence-corrected chi connectivity index (χ1v) is 7.48. The Bertz CT molecular complexity index is 668. The van der Waals surface area contributed by atoms with Crippen molar-refractivity contribution in [2.75, 3.05) is 6.61 Å². The summed E-state index contributed by atoms with van der Waals surface area (Å²) < 4.78 is 6.50. The van der Waals surface area contributed by atoms with Crippen LogP contribution < -0.4 is 10.2 Å². The molecule has 1 amide bonds. The molecule has 0 aromatic heterocycles. The van der Waals surface area contributed by atoms with Crippen LogP contribution in [0.15, 0.2) is 46.0 Å². The number of carbonyl (C=O) groups excluding carboxylic acids is 1. The zero-order valence-electron chi connectivity index (χ0n) is 12.0. The first-order chi connectivity index (χ1) is 10.0. The van der Waals surface area contributed by atoms with Crippen molar-refractivity contribution in [3.63, 3.8) is 0 Å². The largest absolute Gasteiger partial charge is 0.484 e. The maximum absolute atomic E-state index is 11.6. The van der Waals surface area contributed by atoms with Gasteiger partial charge in [0.25, 0.3) is 5.91 Å². The fourth-order valence-corrected chi connectivity index (χ4v) is 2.10. The van der Waals surface area contributed by atoms with Crippen LogP contribution in [0, 0.1) is 5.92 Å². The van der Waals surface area contributed by atoms with Gasteiger partial charge in [-0.15, -0.1) is 0 Å². The molecule has 0 heterocycles. The number of rotatable bonds is 5. The van der Waals surface area contributed by atoms with Crippen LogP contribution in [0.5, 0.6) is 5.75 Å². The SMILES string of the molecule is CC(C)/C=N/NC(=O)COc1ccc2cc(Br)ccc2c1. The minimum absolute atomic E-state index is 0.0581. The van der Waals surface area contributed by atoms with Crippen LogP contribution in [-0.2, 0) is 4.79 Å². The average Bonchev–Trinajstić information content (AvgIpc) is 2.44. The molecule has 1 N–H and O–H groups in total. The van der Waals surface area contributed by atoms with Gasteiger partial charge in [0.15, 0.2) is 6.61 Å². The van der Waals surface area contributed by atoms with Crippen molar-refractivity contribution in [2.24, 2.45) is 11.0 Å². The Kier molecular flexibility index (Phi) is 5.33. The third kappa shape index (κ3) is 4.86. The highest BCUT2D eigenvalue weighted by atomic mass is 79.9. The van der Waals surface area contributed by atoms with Gasteiger partial charge < -0.3 is 4.74 Å². The van der Waals surface area contributed by atoms with E-state index in [4.69, 9.17) is 4.74 Å². The minimum Gasteiger partial charge on any atom is -0.484 e. The predicted octanol–water partition coefficient (Wildman–Crippen LogP) is 3.74. The lowest BCUT2D eigenvalue weighted by atomic mass is 10.1. The second kappa shape index (κ2) is 7.22. The van der Waals surface area contributed by atoms with Crippen LogP contribution in [0.25, 0.3) is 10.8 Å². The monoisotopic (exact) mass is 348 g/mol. The number of hydrogen-bond acceptors (Lipinski definition) is 3. The number of carbonyl (C=O) groups is 1. The summed E-state index contributed by atoms with van der Waals surface area (Å²) >= 11 is 3.44. The number of hydrogen-bond donors (Lipinski definition) is 1. The lowest BCUT2D eigenvalue weighted by Gasteiger charge is -2.07. The summed E-state index contributed by atoms with van der Waals surface area (Å²) in [7, 11) is 0. The van der Waals surface area contributed by atoms with E-state index in [1.165, 1.54) is 0 Å². The summed E-state index contributed by atoms with van der Waals surface area (Å²) in [6.45, 7) is 3.91. The van der Waals surface area contributed by atoms with E-state index in [9.17, 15) is 4.79 Å². The van der Waals surface area contributed by atoms with Gasteiger partial charge in [-0.25, -0.2) is 5.43 Å². The normalized spacial score (nSPS) is 11.2. The Morgan fingerprint density at radius 2 is 2.00 bits per heavy atom. The van der Waals surface area contributed by atoms with Gasteiger partial charge in [-0.3, -0.25) is 4.79 Å². The van der Waals surface area contributed by atoms with Crippen LogP contribution in [0.3, 0.4) is 0 Å². The van der Waals surface area contributed by atoms with Gasteiger partial charge in [-0.2, -0.15) is 5.10 Å². The summed E-state index contributed by atoms with van der Waals surface area (Å²) in [5.41, 5.74) is 2.43. The van der Waals surface area contributed by atoms with Crippen molar-refractivity contribution in [3.05, 3.63) is 40.9 Å². The summed E-state index contributed by atoms with van der Waals surface area (Å²) in [6, 6.07) is 11.7. The van der Waals surface area contributed by atoms with Crippen molar-refractivity contribution in [3.8, 4) is 5.75 Å². The smallest absolute Gasteiger partial charge is 0.277 e. The van der Waals surface area contributed by atoms with Crippen LogP contribution in [0.4, 0.5) is 0 Å². The summed E-state index contributed by atoms with van der Waals surface area (Å²) in [5, 5.41) is 6.01. The Hall–Kier alpha value is -1.88. The van der Waals surface area contributed by atoms with Crippen molar-refractivity contribution in [2.45, 2.75) is 13.8 Å². The van der Waals surface area contributed by atoms with Crippen molar-refractivity contribution in [1.29, 1.82) is 0 Å². The van der Waals surface area contributed by atoms with Gasteiger partial charge in [-0.05, 0) is 41.0 Å². The molecule has 0 bridgehead atoms.